The number of amides is 3. The Morgan fingerprint density at radius 2 is 1.62 bits per heavy atom. The van der Waals surface area contributed by atoms with Crippen molar-refractivity contribution in [3.8, 4) is 0 Å². The first kappa shape index (κ1) is 21.0. The van der Waals surface area contributed by atoms with Gasteiger partial charge in [0.05, 0.1) is 9.88 Å². The lowest BCUT2D eigenvalue weighted by molar-refractivity contribution is -0.123. The smallest absolute Gasteiger partial charge is 0.266 e. The lowest BCUT2D eigenvalue weighted by Gasteiger charge is -2.16. The summed E-state index contributed by atoms with van der Waals surface area (Å²) in [7, 11) is 0. The first-order valence-corrected chi connectivity index (χ1v) is 10.6. The van der Waals surface area contributed by atoms with Crippen LogP contribution >= 0.6 is 11.3 Å². The zero-order chi connectivity index (χ0) is 21.2. The molecule has 2 N–H and O–H groups in total. The molecule has 6 nitrogen and oxygen atoms in total. The van der Waals surface area contributed by atoms with E-state index in [-0.39, 0.29) is 17.7 Å². The van der Waals surface area contributed by atoms with E-state index >= 15 is 0 Å². The van der Waals surface area contributed by atoms with Crippen LogP contribution in [0.2, 0.25) is 0 Å². The predicted molar refractivity (Wildman–Crippen MR) is 117 cm³/mol. The molecule has 0 unspecified atom stereocenters. The van der Waals surface area contributed by atoms with Crippen LogP contribution in [0.25, 0.3) is 0 Å². The van der Waals surface area contributed by atoms with Gasteiger partial charge in [-0.05, 0) is 55.7 Å². The van der Waals surface area contributed by atoms with Crippen LogP contribution < -0.4 is 10.6 Å². The van der Waals surface area contributed by atoms with Crippen molar-refractivity contribution < 1.29 is 14.4 Å². The Bertz CT molecular complexity index is 920. The molecular weight excluding hydrogens is 386 g/mol. The molecule has 2 aromatic rings. The molecule has 2 heterocycles. The van der Waals surface area contributed by atoms with Crippen LogP contribution in [0.4, 0.5) is 10.7 Å². The van der Waals surface area contributed by atoms with Crippen LogP contribution in [0.5, 0.6) is 0 Å². The molecule has 0 spiro atoms. The van der Waals surface area contributed by atoms with Gasteiger partial charge in [-0.2, -0.15) is 0 Å². The molecule has 3 amide bonds. The van der Waals surface area contributed by atoms with Crippen molar-refractivity contribution in [2.75, 3.05) is 23.7 Å². The molecule has 1 saturated heterocycles. The van der Waals surface area contributed by atoms with Crippen molar-refractivity contribution >= 4 is 39.7 Å². The van der Waals surface area contributed by atoms with Gasteiger partial charge in [0, 0.05) is 29.8 Å². The Morgan fingerprint density at radius 1 is 1.00 bits per heavy atom. The van der Waals surface area contributed by atoms with E-state index in [1.807, 2.05) is 32.6 Å². The van der Waals surface area contributed by atoms with Crippen LogP contribution in [0, 0.1) is 12.3 Å². The lowest BCUT2D eigenvalue weighted by Crippen LogP contribution is -2.27. The maximum absolute atomic E-state index is 12.7. The Morgan fingerprint density at radius 3 is 2.21 bits per heavy atom. The van der Waals surface area contributed by atoms with Gasteiger partial charge in [-0.15, -0.1) is 11.3 Å². The SMILES string of the molecule is Cc1cc(NC(=O)C(C)(C)C)sc1C(=O)Nc1ccc(C(=O)N2CCCC2)cc1. The second-order valence-electron chi connectivity index (χ2n) is 8.36. The fourth-order valence-electron chi connectivity index (χ4n) is 3.06. The summed E-state index contributed by atoms with van der Waals surface area (Å²) in [4.78, 5) is 39.7. The van der Waals surface area contributed by atoms with Crippen molar-refractivity contribution in [2.24, 2.45) is 5.41 Å². The second kappa shape index (κ2) is 8.37. The van der Waals surface area contributed by atoms with Gasteiger partial charge < -0.3 is 15.5 Å². The summed E-state index contributed by atoms with van der Waals surface area (Å²) in [5.41, 5.74) is 1.55. The van der Waals surface area contributed by atoms with Crippen molar-refractivity contribution in [2.45, 2.75) is 40.5 Å². The third-order valence-electron chi connectivity index (χ3n) is 4.82. The number of likely N-dealkylation sites (tertiary alicyclic amines) is 1. The Balaban J connectivity index is 1.65. The topological polar surface area (TPSA) is 78.5 Å². The van der Waals surface area contributed by atoms with Gasteiger partial charge in [-0.1, -0.05) is 20.8 Å². The van der Waals surface area contributed by atoms with E-state index in [9.17, 15) is 14.4 Å². The molecule has 29 heavy (non-hydrogen) atoms. The van der Waals surface area contributed by atoms with Crippen LogP contribution in [0.1, 0.15) is 59.2 Å². The molecular formula is C22H27N3O3S. The highest BCUT2D eigenvalue weighted by molar-refractivity contribution is 7.18. The maximum Gasteiger partial charge on any atom is 0.266 e. The Kier molecular flexibility index (Phi) is 6.07. The van der Waals surface area contributed by atoms with Crippen molar-refractivity contribution in [1.82, 2.24) is 4.90 Å². The number of hydrogen-bond donors (Lipinski definition) is 2. The number of nitrogens with one attached hydrogen (secondary N) is 2. The van der Waals surface area contributed by atoms with Gasteiger partial charge in [0.15, 0.2) is 0 Å². The summed E-state index contributed by atoms with van der Waals surface area (Å²) in [5.74, 6) is -0.292. The first-order valence-electron chi connectivity index (χ1n) is 9.78. The number of hydrogen-bond acceptors (Lipinski definition) is 4. The van der Waals surface area contributed by atoms with E-state index in [0.29, 0.717) is 21.1 Å². The quantitative estimate of drug-likeness (QED) is 0.773. The summed E-state index contributed by atoms with van der Waals surface area (Å²) in [6, 6.07) is 8.78. The minimum absolute atomic E-state index is 0.0358. The van der Waals surface area contributed by atoms with E-state index in [2.05, 4.69) is 10.6 Å². The lowest BCUT2D eigenvalue weighted by atomic mass is 9.96. The molecule has 3 rings (SSSR count). The fourth-order valence-corrected chi connectivity index (χ4v) is 4.02. The number of aryl methyl sites for hydroxylation is 1. The van der Waals surface area contributed by atoms with Gasteiger partial charge in [0.2, 0.25) is 5.91 Å². The highest BCUT2D eigenvalue weighted by Gasteiger charge is 2.23. The minimum atomic E-state index is -0.505. The van der Waals surface area contributed by atoms with Crippen LogP contribution in [0.3, 0.4) is 0 Å². The summed E-state index contributed by atoms with van der Waals surface area (Å²) in [6.07, 6.45) is 2.11. The number of benzene rings is 1. The third kappa shape index (κ3) is 5.03. The van der Waals surface area contributed by atoms with E-state index in [1.54, 1.807) is 30.3 Å². The number of carbonyl (C=O) groups is 3. The fraction of sp³-hybridized carbons (Fsp3) is 0.409. The highest BCUT2D eigenvalue weighted by Crippen LogP contribution is 2.29. The van der Waals surface area contributed by atoms with Crippen molar-refractivity contribution in [1.29, 1.82) is 0 Å². The summed E-state index contributed by atoms with van der Waals surface area (Å²) in [6.45, 7) is 8.99. The number of carbonyl (C=O) groups excluding carboxylic acids is 3. The normalized spacial score (nSPS) is 14.0. The number of anilines is 2. The molecule has 7 heteroatoms. The summed E-state index contributed by atoms with van der Waals surface area (Å²) >= 11 is 1.25. The monoisotopic (exact) mass is 413 g/mol. The Labute approximate surface area is 175 Å². The van der Waals surface area contributed by atoms with Gasteiger partial charge in [0.1, 0.15) is 0 Å². The van der Waals surface area contributed by atoms with Gasteiger partial charge >= 0.3 is 0 Å². The third-order valence-corrected chi connectivity index (χ3v) is 5.98. The zero-order valence-corrected chi connectivity index (χ0v) is 18.1. The van der Waals surface area contributed by atoms with Crippen molar-refractivity contribution in [3.05, 3.63) is 46.3 Å². The predicted octanol–water partition coefficient (Wildman–Crippen LogP) is 4.53. The van der Waals surface area contributed by atoms with Crippen LogP contribution in [0.15, 0.2) is 30.3 Å². The van der Waals surface area contributed by atoms with Crippen molar-refractivity contribution in [3.63, 3.8) is 0 Å². The summed E-state index contributed by atoms with van der Waals surface area (Å²) in [5, 5.41) is 6.38. The molecule has 0 atom stereocenters. The average molecular weight is 414 g/mol. The Hall–Kier alpha value is -2.67. The molecule has 0 radical (unpaired) electrons. The first-order chi connectivity index (χ1) is 13.6. The minimum Gasteiger partial charge on any atom is -0.339 e. The molecule has 0 saturated carbocycles. The second-order valence-corrected chi connectivity index (χ2v) is 9.41. The van der Waals surface area contributed by atoms with Gasteiger partial charge in [-0.25, -0.2) is 0 Å². The van der Waals surface area contributed by atoms with E-state index in [1.165, 1.54) is 11.3 Å². The van der Waals surface area contributed by atoms with E-state index in [4.69, 9.17) is 0 Å². The van der Waals surface area contributed by atoms with Gasteiger partial charge in [-0.3, -0.25) is 14.4 Å². The van der Waals surface area contributed by atoms with E-state index < -0.39 is 5.41 Å². The molecule has 1 fully saturated rings. The largest absolute Gasteiger partial charge is 0.339 e. The molecule has 154 valence electrons. The molecule has 1 aliphatic heterocycles. The molecule has 1 aromatic heterocycles. The standard InChI is InChI=1S/C22H27N3O3S/c1-14-13-17(24-21(28)22(2,3)4)29-18(14)19(26)23-16-9-7-15(8-10-16)20(27)25-11-5-6-12-25/h7-10,13H,5-6,11-12H2,1-4H3,(H,23,26)(H,24,28). The van der Waals surface area contributed by atoms with Gasteiger partial charge in [0.25, 0.3) is 11.8 Å². The molecule has 0 aliphatic carbocycles. The number of rotatable bonds is 4. The molecule has 1 aliphatic rings. The highest BCUT2D eigenvalue weighted by atomic mass is 32.1. The van der Waals surface area contributed by atoms with E-state index in [0.717, 1.165) is 31.5 Å². The molecule has 0 bridgehead atoms. The molecule has 1 aromatic carbocycles. The maximum atomic E-state index is 12.7. The number of thiophene rings is 1. The number of nitrogens with zero attached hydrogens (tertiary/aromatic N) is 1. The van der Waals surface area contributed by atoms with Crippen LogP contribution in [-0.2, 0) is 4.79 Å². The average Bonchev–Trinajstić information content (AvgIpc) is 3.31. The summed E-state index contributed by atoms with van der Waals surface area (Å²) < 4.78 is 0. The van der Waals surface area contributed by atoms with Crippen LogP contribution in [-0.4, -0.2) is 35.7 Å². The zero-order valence-electron chi connectivity index (χ0n) is 17.3.